The summed E-state index contributed by atoms with van der Waals surface area (Å²) in [5.41, 5.74) is 0. The summed E-state index contributed by atoms with van der Waals surface area (Å²) in [5, 5.41) is 5.69. The third kappa shape index (κ3) is 13.1. The van der Waals surface area contributed by atoms with Gasteiger partial charge < -0.3 is 20.1 Å². The Balaban J connectivity index is 3.18. The fourth-order valence-corrected chi connectivity index (χ4v) is 1.02. The molecule has 0 aromatic rings. The molecule has 0 spiro atoms. The van der Waals surface area contributed by atoms with E-state index in [1.54, 1.807) is 7.11 Å². The summed E-state index contributed by atoms with van der Waals surface area (Å²) in [6.45, 7) is 1.89. The summed E-state index contributed by atoms with van der Waals surface area (Å²) >= 11 is 0. The fourth-order valence-electron chi connectivity index (χ4n) is 1.02. The van der Waals surface area contributed by atoms with E-state index in [1.807, 2.05) is 0 Å². The van der Waals surface area contributed by atoms with Crippen LogP contribution < -0.4 is 10.6 Å². The molecule has 0 unspecified atom stereocenters. The van der Waals surface area contributed by atoms with Crippen LogP contribution in [0, 0.1) is 0 Å². The number of hydrogen-bond donors (Lipinski definition) is 2. The molecule has 0 fully saturated rings. The predicted octanol–water partition coefficient (Wildman–Crippen LogP) is 0.0104. The molecule has 0 aromatic carbocycles. The summed E-state index contributed by atoms with van der Waals surface area (Å²) in [6.07, 6.45) is -2.38. The maximum Gasteiger partial charge on any atom is 0.261 e. The van der Waals surface area contributed by atoms with Crippen LogP contribution in [0.5, 0.6) is 0 Å². The van der Waals surface area contributed by atoms with Crippen molar-refractivity contribution in [2.45, 2.75) is 12.8 Å². The van der Waals surface area contributed by atoms with Gasteiger partial charge in [-0.05, 0) is 0 Å². The second kappa shape index (κ2) is 11.7. The largest absolute Gasteiger partial charge is 0.383 e. The van der Waals surface area contributed by atoms with Crippen LogP contribution in [0.1, 0.15) is 6.42 Å². The van der Waals surface area contributed by atoms with Crippen molar-refractivity contribution in [3.05, 3.63) is 0 Å². The molecule has 102 valence electrons. The van der Waals surface area contributed by atoms with Gasteiger partial charge in [0.15, 0.2) is 0 Å². The molecule has 0 atom stereocenters. The Labute approximate surface area is 99.8 Å². The highest BCUT2D eigenvalue weighted by Crippen LogP contribution is 1.93. The predicted molar refractivity (Wildman–Crippen MR) is 59.2 cm³/mol. The molecule has 0 rings (SSSR count). The number of halogens is 2. The Morgan fingerprint density at radius 1 is 1.24 bits per heavy atom. The van der Waals surface area contributed by atoms with E-state index in [2.05, 4.69) is 15.4 Å². The number of hydrogen-bond acceptors (Lipinski definition) is 4. The molecule has 1 amide bonds. The zero-order valence-electron chi connectivity index (χ0n) is 10.0. The third-order valence-electron chi connectivity index (χ3n) is 1.82. The van der Waals surface area contributed by atoms with Crippen molar-refractivity contribution in [3.8, 4) is 0 Å². The Morgan fingerprint density at radius 2 is 2.00 bits per heavy atom. The first kappa shape index (κ1) is 16.2. The summed E-state index contributed by atoms with van der Waals surface area (Å²) in [7, 11) is 1.61. The van der Waals surface area contributed by atoms with Crippen LogP contribution >= 0.6 is 0 Å². The number of carbonyl (C=O) groups excluding carboxylic acids is 1. The van der Waals surface area contributed by atoms with E-state index in [-0.39, 0.29) is 18.9 Å². The minimum Gasteiger partial charge on any atom is -0.383 e. The lowest BCUT2D eigenvalue weighted by atomic mass is 10.4. The molecule has 0 bridgehead atoms. The van der Waals surface area contributed by atoms with Crippen LogP contribution in [0.4, 0.5) is 8.78 Å². The van der Waals surface area contributed by atoms with Crippen molar-refractivity contribution in [2.24, 2.45) is 0 Å². The molecule has 0 radical (unpaired) electrons. The smallest absolute Gasteiger partial charge is 0.261 e. The topological polar surface area (TPSA) is 59.6 Å². The second-order valence-electron chi connectivity index (χ2n) is 3.31. The molecular formula is C10H20F2N2O3. The summed E-state index contributed by atoms with van der Waals surface area (Å²) in [4.78, 5) is 11.1. The summed E-state index contributed by atoms with van der Waals surface area (Å²) in [6, 6.07) is 0. The lowest BCUT2D eigenvalue weighted by Crippen LogP contribution is -2.33. The molecule has 0 aromatic heterocycles. The van der Waals surface area contributed by atoms with E-state index in [0.29, 0.717) is 19.7 Å². The van der Waals surface area contributed by atoms with Gasteiger partial charge in [0.2, 0.25) is 5.91 Å². The standard InChI is InChI=1S/C10H20F2N2O3/c1-16-7-5-13-3-4-14-10(15)2-6-17-8-9(11)12/h9,13H,2-8H2,1H3,(H,14,15). The summed E-state index contributed by atoms with van der Waals surface area (Å²) < 4.78 is 32.7. The minimum atomic E-state index is -2.48. The lowest BCUT2D eigenvalue weighted by molar-refractivity contribution is -0.122. The van der Waals surface area contributed by atoms with Crippen molar-refractivity contribution in [2.75, 3.05) is 46.6 Å². The van der Waals surface area contributed by atoms with E-state index in [0.717, 1.165) is 6.54 Å². The molecule has 7 heteroatoms. The van der Waals surface area contributed by atoms with Crippen LogP contribution in [0.3, 0.4) is 0 Å². The van der Waals surface area contributed by atoms with E-state index < -0.39 is 13.0 Å². The zero-order chi connectivity index (χ0) is 12.9. The van der Waals surface area contributed by atoms with Crippen LogP contribution in [0.2, 0.25) is 0 Å². The lowest BCUT2D eigenvalue weighted by Gasteiger charge is -2.07. The molecule has 0 aliphatic heterocycles. The number of amides is 1. The van der Waals surface area contributed by atoms with Gasteiger partial charge >= 0.3 is 0 Å². The van der Waals surface area contributed by atoms with Gasteiger partial charge in [0.1, 0.15) is 6.61 Å². The molecule has 0 aliphatic carbocycles. The molecule has 2 N–H and O–H groups in total. The number of rotatable bonds is 11. The molecule has 0 aliphatic rings. The van der Waals surface area contributed by atoms with Gasteiger partial charge in [0, 0.05) is 33.2 Å². The molecule has 5 nitrogen and oxygen atoms in total. The number of carbonyl (C=O) groups is 1. The van der Waals surface area contributed by atoms with Crippen molar-refractivity contribution in [3.63, 3.8) is 0 Å². The molecule has 17 heavy (non-hydrogen) atoms. The minimum absolute atomic E-state index is 0.0211. The van der Waals surface area contributed by atoms with Gasteiger partial charge in [-0.3, -0.25) is 4.79 Å². The van der Waals surface area contributed by atoms with Gasteiger partial charge in [0.25, 0.3) is 6.43 Å². The average molecular weight is 254 g/mol. The van der Waals surface area contributed by atoms with E-state index in [4.69, 9.17) is 4.74 Å². The summed E-state index contributed by atoms with van der Waals surface area (Å²) in [5.74, 6) is -0.201. The molecule has 0 saturated heterocycles. The normalized spacial score (nSPS) is 10.8. The highest BCUT2D eigenvalue weighted by atomic mass is 19.3. The SMILES string of the molecule is COCCNCCNC(=O)CCOCC(F)F. The van der Waals surface area contributed by atoms with Gasteiger partial charge in [0.05, 0.1) is 13.2 Å². The first-order valence-electron chi connectivity index (χ1n) is 5.49. The zero-order valence-corrected chi connectivity index (χ0v) is 10.0. The highest BCUT2D eigenvalue weighted by Gasteiger charge is 2.04. The van der Waals surface area contributed by atoms with Crippen molar-refractivity contribution in [1.82, 2.24) is 10.6 Å². The Bertz CT molecular complexity index is 194. The average Bonchev–Trinajstić information content (AvgIpc) is 2.29. The van der Waals surface area contributed by atoms with Gasteiger partial charge in [-0.2, -0.15) is 0 Å². The third-order valence-corrected chi connectivity index (χ3v) is 1.82. The van der Waals surface area contributed by atoms with Crippen molar-refractivity contribution >= 4 is 5.91 Å². The maximum absolute atomic E-state index is 11.7. The van der Waals surface area contributed by atoms with Crippen LogP contribution in [-0.2, 0) is 14.3 Å². The first-order valence-corrected chi connectivity index (χ1v) is 5.49. The van der Waals surface area contributed by atoms with E-state index in [9.17, 15) is 13.6 Å². The van der Waals surface area contributed by atoms with Gasteiger partial charge in [-0.15, -0.1) is 0 Å². The van der Waals surface area contributed by atoms with Crippen molar-refractivity contribution < 1.29 is 23.0 Å². The fraction of sp³-hybridized carbons (Fsp3) is 0.900. The van der Waals surface area contributed by atoms with Crippen LogP contribution in [-0.4, -0.2) is 58.9 Å². The quantitative estimate of drug-likeness (QED) is 0.510. The highest BCUT2D eigenvalue weighted by molar-refractivity contribution is 5.75. The number of ether oxygens (including phenoxy) is 2. The molecular weight excluding hydrogens is 234 g/mol. The Kier molecular flexibility index (Phi) is 11.1. The maximum atomic E-state index is 11.7. The van der Waals surface area contributed by atoms with E-state index >= 15 is 0 Å². The Hall–Kier alpha value is -0.790. The first-order chi connectivity index (χ1) is 8.16. The van der Waals surface area contributed by atoms with Gasteiger partial charge in [-0.25, -0.2) is 8.78 Å². The second-order valence-corrected chi connectivity index (χ2v) is 3.31. The molecule has 0 heterocycles. The van der Waals surface area contributed by atoms with E-state index in [1.165, 1.54) is 0 Å². The van der Waals surface area contributed by atoms with Crippen LogP contribution in [0.15, 0.2) is 0 Å². The van der Waals surface area contributed by atoms with Crippen molar-refractivity contribution in [1.29, 1.82) is 0 Å². The number of alkyl halides is 2. The molecule has 0 saturated carbocycles. The number of nitrogens with one attached hydrogen (secondary N) is 2. The van der Waals surface area contributed by atoms with Crippen LogP contribution in [0.25, 0.3) is 0 Å². The Morgan fingerprint density at radius 3 is 2.65 bits per heavy atom. The monoisotopic (exact) mass is 254 g/mol. The number of methoxy groups -OCH3 is 1. The van der Waals surface area contributed by atoms with Gasteiger partial charge in [-0.1, -0.05) is 0 Å².